The number of ether oxygens (including phenoxy) is 1. The highest BCUT2D eigenvalue weighted by atomic mass is 35.5. The Balaban J connectivity index is 1.87. The summed E-state index contributed by atoms with van der Waals surface area (Å²) < 4.78 is 33.6. The summed E-state index contributed by atoms with van der Waals surface area (Å²) in [6, 6.07) is 19.6. The Labute approximate surface area is 187 Å². The van der Waals surface area contributed by atoms with Crippen LogP contribution in [0, 0.1) is 6.92 Å². The molecule has 0 saturated heterocycles. The maximum Gasteiger partial charge on any atom is 0.242 e. The van der Waals surface area contributed by atoms with E-state index in [1.54, 1.807) is 12.1 Å². The first-order chi connectivity index (χ1) is 14.8. The predicted octanol–water partition coefficient (Wildman–Crippen LogP) is 4.19. The highest BCUT2D eigenvalue weighted by Crippen LogP contribution is 2.27. The molecule has 0 spiro atoms. The third-order valence-electron chi connectivity index (χ3n) is 4.65. The first-order valence-corrected chi connectivity index (χ1v) is 11.4. The van der Waals surface area contributed by atoms with Gasteiger partial charge in [0.15, 0.2) is 0 Å². The van der Waals surface area contributed by atoms with E-state index >= 15 is 0 Å². The number of rotatable bonds is 8. The van der Waals surface area contributed by atoms with Gasteiger partial charge < -0.3 is 10.1 Å². The lowest BCUT2D eigenvalue weighted by atomic mass is 10.1. The monoisotopic (exact) mass is 458 g/mol. The van der Waals surface area contributed by atoms with Gasteiger partial charge in [0.1, 0.15) is 11.8 Å². The van der Waals surface area contributed by atoms with Gasteiger partial charge in [0.2, 0.25) is 15.9 Å². The maximum absolute atomic E-state index is 13.0. The number of halogens is 1. The average Bonchev–Trinajstić information content (AvgIpc) is 2.75. The van der Waals surface area contributed by atoms with Crippen LogP contribution in [0.5, 0.6) is 5.75 Å². The molecule has 0 aromatic heterocycles. The van der Waals surface area contributed by atoms with Crippen LogP contribution in [0.15, 0.2) is 77.7 Å². The molecule has 0 saturated carbocycles. The zero-order chi connectivity index (χ0) is 22.4. The largest absolute Gasteiger partial charge is 0.495 e. The van der Waals surface area contributed by atoms with E-state index in [9.17, 15) is 13.2 Å². The van der Waals surface area contributed by atoms with Crippen LogP contribution in [-0.4, -0.2) is 27.5 Å². The number of aryl methyl sites for hydroxylation is 1. The number of nitrogens with one attached hydrogen (secondary N) is 2. The van der Waals surface area contributed by atoms with Crippen LogP contribution < -0.4 is 14.8 Å². The summed E-state index contributed by atoms with van der Waals surface area (Å²) in [4.78, 5) is 12.9. The molecule has 0 aliphatic heterocycles. The van der Waals surface area contributed by atoms with Gasteiger partial charge in [-0.15, -0.1) is 0 Å². The lowest BCUT2D eigenvalue weighted by molar-refractivity contribution is -0.117. The van der Waals surface area contributed by atoms with Gasteiger partial charge in [-0.05, 0) is 49.2 Å². The number of amides is 1. The van der Waals surface area contributed by atoms with Crippen molar-refractivity contribution in [3.63, 3.8) is 0 Å². The summed E-state index contributed by atoms with van der Waals surface area (Å²) in [5.41, 5.74) is 2.46. The SMILES string of the molecule is COc1ccc(S(=O)(=O)N[C@H](Cc2ccccc2)C(=O)Nc2ccc(C)cc2)cc1Cl. The maximum atomic E-state index is 13.0. The number of hydrogen-bond acceptors (Lipinski definition) is 4. The number of sulfonamides is 1. The molecule has 0 bridgehead atoms. The summed E-state index contributed by atoms with van der Waals surface area (Å²) in [7, 11) is -2.58. The molecule has 2 N–H and O–H groups in total. The predicted molar refractivity (Wildman–Crippen MR) is 122 cm³/mol. The van der Waals surface area contributed by atoms with Crippen molar-refractivity contribution in [3.8, 4) is 5.75 Å². The van der Waals surface area contributed by atoms with Crippen molar-refractivity contribution in [2.75, 3.05) is 12.4 Å². The Morgan fingerprint density at radius 2 is 1.71 bits per heavy atom. The highest BCUT2D eigenvalue weighted by Gasteiger charge is 2.27. The van der Waals surface area contributed by atoms with E-state index in [0.29, 0.717) is 11.4 Å². The molecule has 0 unspecified atom stereocenters. The molecule has 0 aliphatic carbocycles. The molecule has 3 aromatic rings. The standard InChI is InChI=1S/C23H23ClN2O4S/c1-16-8-10-18(11-9-16)25-23(27)21(14-17-6-4-3-5-7-17)26-31(28,29)19-12-13-22(30-2)20(24)15-19/h3-13,15,21,26H,14H2,1-2H3,(H,25,27)/t21-/m1/s1. The molecule has 0 heterocycles. The van der Waals surface area contributed by atoms with Gasteiger partial charge in [-0.25, -0.2) is 8.42 Å². The van der Waals surface area contributed by atoms with E-state index in [-0.39, 0.29) is 16.3 Å². The van der Waals surface area contributed by atoms with Crippen LogP contribution in [0.4, 0.5) is 5.69 Å². The van der Waals surface area contributed by atoms with E-state index in [0.717, 1.165) is 11.1 Å². The van der Waals surface area contributed by atoms with E-state index < -0.39 is 22.0 Å². The van der Waals surface area contributed by atoms with Crippen LogP contribution in [0.2, 0.25) is 5.02 Å². The second kappa shape index (κ2) is 9.96. The quantitative estimate of drug-likeness (QED) is 0.530. The average molecular weight is 459 g/mol. The lowest BCUT2D eigenvalue weighted by Gasteiger charge is -2.19. The third kappa shape index (κ3) is 6.07. The zero-order valence-corrected chi connectivity index (χ0v) is 18.7. The second-order valence-corrected chi connectivity index (χ2v) is 9.14. The van der Waals surface area contributed by atoms with Crippen molar-refractivity contribution in [3.05, 3.63) is 88.9 Å². The van der Waals surface area contributed by atoms with Gasteiger partial charge in [0, 0.05) is 5.69 Å². The molecular weight excluding hydrogens is 436 g/mol. The molecular formula is C23H23ClN2O4S. The Morgan fingerprint density at radius 1 is 1.03 bits per heavy atom. The minimum absolute atomic E-state index is 0.0560. The summed E-state index contributed by atoms with van der Waals surface area (Å²) in [5.74, 6) is -0.102. The molecule has 0 fully saturated rings. The van der Waals surface area contributed by atoms with Gasteiger partial charge in [0.05, 0.1) is 17.0 Å². The topological polar surface area (TPSA) is 84.5 Å². The van der Waals surface area contributed by atoms with Crippen LogP contribution in [0.25, 0.3) is 0 Å². The van der Waals surface area contributed by atoms with Crippen molar-refractivity contribution < 1.29 is 17.9 Å². The van der Waals surface area contributed by atoms with Crippen molar-refractivity contribution in [2.45, 2.75) is 24.3 Å². The molecule has 3 rings (SSSR count). The molecule has 0 aliphatic rings. The summed E-state index contributed by atoms with van der Waals surface area (Å²) in [6.07, 6.45) is 0.182. The molecule has 1 amide bonds. The van der Waals surface area contributed by atoms with E-state index in [2.05, 4.69) is 10.0 Å². The fourth-order valence-electron chi connectivity index (χ4n) is 2.97. The first-order valence-electron chi connectivity index (χ1n) is 9.56. The smallest absolute Gasteiger partial charge is 0.242 e. The Morgan fingerprint density at radius 3 is 2.32 bits per heavy atom. The Kier molecular flexibility index (Phi) is 7.33. The molecule has 1 atom stereocenters. The lowest BCUT2D eigenvalue weighted by Crippen LogP contribution is -2.45. The Bertz CT molecular complexity index is 1150. The van der Waals surface area contributed by atoms with E-state index in [1.165, 1.54) is 25.3 Å². The number of hydrogen-bond donors (Lipinski definition) is 2. The van der Waals surface area contributed by atoms with Gasteiger partial charge in [0.25, 0.3) is 0 Å². The number of benzene rings is 3. The van der Waals surface area contributed by atoms with Crippen molar-refractivity contribution >= 4 is 33.2 Å². The number of anilines is 1. The second-order valence-electron chi connectivity index (χ2n) is 7.02. The highest BCUT2D eigenvalue weighted by molar-refractivity contribution is 7.89. The molecule has 6 nitrogen and oxygen atoms in total. The fraction of sp³-hybridized carbons (Fsp3) is 0.174. The van der Waals surface area contributed by atoms with Crippen LogP contribution in [0.3, 0.4) is 0 Å². The van der Waals surface area contributed by atoms with Gasteiger partial charge in [-0.3, -0.25) is 4.79 Å². The van der Waals surface area contributed by atoms with Gasteiger partial charge >= 0.3 is 0 Å². The minimum Gasteiger partial charge on any atom is -0.495 e. The van der Waals surface area contributed by atoms with E-state index in [1.807, 2.05) is 49.4 Å². The van der Waals surface area contributed by atoms with Crippen molar-refractivity contribution in [1.82, 2.24) is 4.72 Å². The molecule has 3 aromatic carbocycles. The van der Waals surface area contributed by atoms with Gasteiger partial charge in [-0.2, -0.15) is 4.72 Å². The fourth-order valence-corrected chi connectivity index (χ4v) is 4.52. The molecule has 0 radical (unpaired) electrons. The molecule has 8 heteroatoms. The Hall–Kier alpha value is -2.87. The normalized spacial score (nSPS) is 12.2. The van der Waals surface area contributed by atoms with E-state index in [4.69, 9.17) is 16.3 Å². The van der Waals surface area contributed by atoms with Crippen molar-refractivity contribution in [2.24, 2.45) is 0 Å². The molecule has 162 valence electrons. The summed E-state index contributed by atoms with van der Waals surface area (Å²) in [6.45, 7) is 1.94. The molecule has 31 heavy (non-hydrogen) atoms. The first kappa shape index (κ1) is 22.8. The summed E-state index contributed by atoms with van der Waals surface area (Å²) >= 11 is 6.09. The minimum atomic E-state index is -4.02. The zero-order valence-electron chi connectivity index (χ0n) is 17.1. The van der Waals surface area contributed by atoms with Crippen molar-refractivity contribution in [1.29, 1.82) is 0 Å². The van der Waals surface area contributed by atoms with Crippen LogP contribution >= 0.6 is 11.6 Å². The third-order valence-corrected chi connectivity index (χ3v) is 6.41. The van der Waals surface area contributed by atoms with Crippen LogP contribution in [0.1, 0.15) is 11.1 Å². The summed E-state index contributed by atoms with van der Waals surface area (Å²) in [5, 5.41) is 2.94. The number of carbonyl (C=O) groups is 1. The van der Waals surface area contributed by atoms with Crippen LogP contribution in [-0.2, 0) is 21.2 Å². The number of carbonyl (C=O) groups excluding carboxylic acids is 1. The number of methoxy groups -OCH3 is 1. The van der Waals surface area contributed by atoms with Gasteiger partial charge in [-0.1, -0.05) is 59.6 Å².